The second-order valence-electron chi connectivity index (χ2n) is 5.25. The minimum atomic E-state index is 1.30. The average Bonchev–Trinajstić information content (AvgIpc) is 2.91. The molecule has 0 spiro atoms. The lowest BCUT2D eigenvalue weighted by Crippen LogP contribution is -1.85. The summed E-state index contributed by atoms with van der Waals surface area (Å²) in [7, 11) is 2.12. The second kappa shape index (κ2) is 8.19. The monoisotopic (exact) mass is 303 g/mol. The minimum Gasteiger partial charge on any atom is -0.344 e. The summed E-state index contributed by atoms with van der Waals surface area (Å²) in [5, 5.41) is 2.70. The van der Waals surface area contributed by atoms with Gasteiger partial charge < -0.3 is 4.57 Å². The summed E-state index contributed by atoms with van der Waals surface area (Å²) in [5.41, 5.74) is 3.93. The van der Waals surface area contributed by atoms with Crippen LogP contribution >= 0.6 is 0 Å². The molecule has 1 heteroatoms. The Morgan fingerprint density at radius 1 is 0.609 bits per heavy atom. The third-order valence-corrected chi connectivity index (χ3v) is 3.74. The Bertz CT molecular complexity index is 830. The van der Waals surface area contributed by atoms with Gasteiger partial charge in [0.05, 0.1) is 0 Å². The van der Waals surface area contributed by atoms with Gasteiger partial charge in [-0.15, -0.1) is 0 Å². The molecule has 4 rings (SSSR count). The lowest BCUT2D eigenvalue weighted by Gasteiger charge is -1.97. The molecular formula is C22H25N. The fourth-order valence-corrected chi connectivity index (χ4v) is 2.67. The number of hydrogen-bond acceptors (Lipinski definition) is 0. The Hall–Kier alpha value is -2.54. The highest BCUT2D eigenvalue weighted by Gasteiger charge is 2.06. The highest BCUT2D eigenvalue weighted by atomic mass is 14.9. The highest BCUT2D eigenvalue weighted by molar-refractivity contribution is 6.08. The van der Waals surface area contributed by atoms with Crippen molar-refractivity contribution in [2.45, 2.75) is 20.8 Å². The van der Waals surface area contributed by atoms with Crippen LogP contribution < -0.4 is 0 Å². The van der Waals surface area contributed by atoms with Crippen molar-refractivity contribution in [3.8, 4) is 0 Å². The predicted molar refractivity (Wildman–Crippen MR) is 103 cm³/mol. The van der Waals surface area contributed by atoms with Crippen molar-refractivity contribution in [2.75, 3.05) is 0 Å². The van der Waals surface area contributed by atoms with Crippen LogP contribution in [0.2, 0.25) is 0 Å². The van der Waals surface area contributed by atoms with Crippen LogP contribution in [0, 0.1) is 6.92 Å². The number of rotatable bonds is 0. The zero-order chi connectivity index (χ0) is 16.7. The van der Waals surface area contributed by atoms with Crippen molar-refractivity contribution in [2.24, 2.45) is 7.05 Å². The molecule has 0 amide bonds. The summed E-state index contributed by atoms with van der Waals surface area (Å²) in [6.45, 7) is 6.14. The molecule has 0 fully saturated rings. The van der Waals surface area contributed by atoms with Gasteiger partial charge in [-0.3, -0.25) is 0 Å². The van der Waals surface area contributed by atoms with Crippen LogP contribution in [0.3, 0.4) is 0 Å². The van der Waals surface area contributed by atoms with Crippen molar-refractivity contribution in [1.82, 2.24) is 4.57 Å². The summed E-state index contributed by atoms with van der Waals surface area (Å²) in [5.74, 6) is 0. The average molecular weight is 303 g/mol. The Morgan fingerprint density at radius 2 is 1.13 bits per heavy atom. The standard InChI is InChI=1S/C14H13N.C6H6.C2H6/c1-10-7-8-14-12(9-10)11-5-3-4-6-13(11)15(14)2;1-2-4-6-5-3-1;1-2/h3-9H,1-2H3;1-6H;1-2H3. The van der Waals surface area contributed by atoms with E-state index in [9.17, 15) is 0 Å². The first kappa shape index (κ1) is 16.8. The van der Waals surface area contributed by atoms with E-state index in [-0.39, 0.29) is 0 Å². The third-order valence-electron chi connectivity index (χ3n) is 3.74. The summed E-state index contributed by atoms with van der Waals surface area (Å²) in [6.07, 6.45) is 0. The van der Waals surface area contributed by atoms with Gasteiger partial charge in [-0.05, 0) is 25.1 Å². The van der Waals surface area contributed by atoms with Gasteiger partial charge in [0.2, 0.25) is 0 Å². The lowest BCUT2D eigenvalue weighted by atomic mass is 10.1. The van der Waals surface area contributed by atoms with Gasteiger partial charge in [-0.25, -0.2) is 0 Å². The van der Waals surface area contributed by atoms with E-state index in [1.165, 1.54) is 27.4 Å². The molecule has 1 heterocycles. The number of hydrogen-bond donors (Lipinski definition) is 0. The number of aromatic nitrogens is 1. The molecule has 118 valence electrons. The maximum atomic E-state index is 2.26. The Balaban J connectivity index is 0.000000202. The van der Waals surface area contributed by atoms with Crippen LogP contribution in [0.4, 0.5) is 0 Å². The molecule has 0 radical (unpaired) electrons. The predicted octanol–water partition coefficient (Wildman–Crippen LogP) is 6.35. The van der Waals surface area contributed by atoms with E-state index in [0.717, 1.165) is 0 Å². The fraction of sp³-hybridized carbons (Fsp3) is 0.182. The third kappa shape index (κ3) is 3.81. The first-order valence-electron chi connectivity index (χ1n) is 8.21. The van der Waals surface area contributed by atoms with Crippen LogP contribution in [0.1, 0.15) is 19.4 Å². The molecule has 23 heavy (non-hydrogen) atoms. The first-order valence-corrected chi connectivity index (χ1v) is 8.21. The number of para-hydroxylation sites is 1. The van der Waals surface area contributed by atoms with E-state index in [1.807, 2.05) is 50.2 Å². The molecule has 0 N–H and O–H groups in total. The fourth-order valence-electron chi connectivity index (χ4n) is 2.67. The maximum absolute atomic E-state index is 2.26. The molecule has 0 aliphatic heterocycles. The molecule has 0 saturated carbocycles. The highest BCUT2D eigenvalue weighted by Crippen LogP contribution is 2.28. The van der Waals surface area contributed by atoms with E-state index in [0.29, 0.717) is 0 Å². The Labute approximate surface area is 139 Å². The lowest BCUT2D eigenvalue weighted by molar-refractivity contribution is 1.01. The van der Waals surface area contributed by atoms with Crippen molar-refractivity contribution in [1.29, 1.82) is 0 Å². The van der Waals surface area contributed by atoms with Crippen LogP contribution in [0.15, 0.2) is 78.9 Å². The number of benzene rings is 3. The number of nitrogens with zero attached hydrogens (tertiary/aromatic N) is 1. The van der Waals surface area contributed by atoms with Crippen molar-refractivity contribution in [3.63, 3.8) is 0 Å². The molecule has 1 aromatic heterocycles. The molecule has 3 aromatic carbocycles. The largest absolute Gasteiger partial charge is 0.344 e. The van der Waals surface area contributed by atoms with Gasteiger partial charge in [-0.1, -0.05) is 80.1 Å². The molecule has 0 bridgehead atoms. The number of aryl methyl sites for hydroxylation is 2. The first-order chi connectivity index (χ1) is 11.3. The normalized spacial score (nSPS) is 9.74. The zero-order valence-corrected chi connectivity index (χ0v) is 14.5. The van der Waals surface area contributed by atoms with Gasteiger partial charge in [0, 0.05) is 28.9 Å². The van der Waals surface area contributed by atoms with Gasteiger partial charge in [0.15, 0.2) is 0 Å². The van der Waals surface area contributed by atoms with E-state index in [2.05, 4.69) is 61.0 Å². The zero-order valence-electron chi connectivity index (χ0n) is 14.5. The van der Waals surface area contributed by atoms with Crippen molar-refractivity contribution < 1.29 is 0 Å². The summed E-state index contributed by atoms with van der Waals surface area (Å²) >= 11 is 0. The molecule has 4 aromatic rings. The SMILES string of the molecule is CC.Cc1ccc2c(c1)c1ccccc1n2C.c1ccccc1. The van der Waals surface area contributed by atoms with Crippen LogP contribution in [-0.4, -0.2) is 4.57 Å². The van der Waals surface area contributed by atoms with Gasteiger partial charge in [0.25, 0.3) is 0 Å². The summed E-state index contributed by atoms with van der Waals surface area (Å²) in [6, 6.07) is 27.2. The molecule has 0 atom stereocenters. The maximum Gasteiger partial charge on any atom is 0.0488 e. The minimum absolute atomic E-state index is 1.30. The topological polar surface area (TPSA) is 4.93 Å². The van der Waals surface area contributed by atoms with E-state index in [1.54, 1.807) is 0 Å². The van der Waals surface area contributed by atoms with Gasteiger partial charge >= 0.3 is 0 Å². The second-order valence-corrected chi connectivity index (χ2v) is 5.25. The molecule has 0 unspecified atom stereocenters. The molecule has 0 aliphatic rings. The van der Waals surface area contributed by atoms with Crippen LogP contribution in [0.25, 0.3) is 21.8 Å². The molecule has 0 aliphatic carbocycles. The number of fused-ring (bicyclic) bond motifs is 3. The van der Waals surface area contributed by atoms with Crippen molar-refractivity contribution >= 4 is 21.8 Å². The molecule has 1 nitrogen and oxygen atoms in total. The Kier molecular flexibility index (Phi) is 5.99. The quantitative estimate of drug-likeness (QED) is 0.356. The van der Waals surface area contributed by atoms with Crippen molar-refractivity contribution in [3.05, 3.63) is 84.4 Å². The molecule has 0 saturated heterocycles. The Morgan fingerprint density at radius 3 is 1.74 bits per heavy atom. The van der Waals surface area contributed by atoms with Gasteiger partial charge in [-0.2, -0.15) is 0 Å². The molecular weight excluding hydrogens is 278 g/mol. The smallest absolute Gasteiger partial charge is 0.0488 e. The van der Waals surface area contributed by atoms with E-state index < -0.39 is 0 Å². The van der Waals surface area contributed by atoms with E-state index >= 15 is 0 Å². The van der Waals surface area contributed by atoms with Crippen LogP contribution in [0.5, 0.6) is 0 Å². The summed E-state index contributed by atoms with van der Waals surface area (Å²) < 4.78 is 2.25. The summed E-state index contributed by atoms with van der Waals surface area (Å²) in [4.78, 5) is 0. The van der Waals surface area contributed by atoms with Gasteiger partial charge in [0.1, 0.15) is 0 Å². The van der Waals surface area contributed by atoms with E-state index in [4.69, 9.17) is 0 Å². The van der Waals surface area contributed by atoms with Crippen LogP contribution in [-0.2, 0) is 7.05 Å².